The van der Waals surface area contributed by atoms with Crippen LogP contribution in [0.2, 0.25) is 0 Å². The van der Waals surface area contributed by atoms with Crippen molar-refractivity contribution in [1.82, 2.24) is 0 Å². The summed E-state index contributed by atoms with van der Waals surface area (Å²) in [6, 6.07) is 6.53. The Balaban J connectivity index is 1.85. The first-order valence-corrected chi connectivity index (χ1v) is 10.3. The summed E-state index contributed by atoms with van der Waals surface area (Å²) in [5.74, 6) is -0.489. The first kappa shape index (κ1) is 23.7. The molecule has 156 valence electrons. The Bertz CT molecular complexity index is 592. The van der Waals surface area contributed by atoms with Gasteiger partial charge in [-0.2, -0.15) is 0 Å². The lowest BCUT2D eigenvalue weighted by Gasteiger charge is -2.06. The van der Waals surface area contributed by atoms with Gasteiger partial charge in [-0.3, -0.25) is 0 Å². The van der Waals surface area contributed by atoms with Crippen LogP contribution < -0.4 is 4.74 Å². The highest BCUT2D eigenvalue weighted by atomic mass is 16.5. The van der Waals surface area contributed by atoms with Crippen LogP contribution in [0.1, 0.15) is 81.5 Å². The van der Waals surface area contributed by atoms with Gasteiger partial charge in [-0.15, -0.1) is 0 Å². The van der Waals surface area contributed by atoms with E-state index in [1.165, 1.54) is 38.5 Å². The minimum Gasteiger partial charge on any atom is -0.494 e. The molecule has 28 heavy (non-hydrogen) atoms. The first-order valence-electron chi connectivity index (χ1n) is 10.3. The van der Waals surface area contributed by atoms with Crippen LogP contribution in [0.25, 0.3) is 0 Å². The molecular weight excluding hydrogens is 356 g/mol. The normalized spacial score (nSPS) is 10.5. The molecule has 0 amide bonds. The molecule has 0 atom stereocenters. The smallest absolute Gasteiger partial charge is 0.335 e. The average molecular weight is 391 g/mol. The minimum absolute atomic E-state index is 0.276. The highest BCUT2D eigenvalue weighted by Gasteiger charge is 2.03. The molecule has 0 saturated carbocycles. The van der Waals surface area contributed by atoms with E-state index in [9.17, 15) is 9.59 Å². The highest BCUT2D eigenvalue weighted by molar-refractivity contribution is 5.87. The summed E-state index contributed by atoms with van der Waals surface area (Å²) in [5.41, 5.74) is 0.736. The Morgan fingerprint density at radius 2 is 1.29 bits per heavy atom. The van der Waals surface area contributed by atoms with Crippen LogP contribution in [0.4, 0.5) is 0 Å². The van der Waals surface area contributed by atoms with E-state index in [1.54, 1.807) is 31.2 Å². The summed E-state index contributed by atoms with van der Waals surface area (Å²) in [6.07, 6.45) is 11.6. The van der Waals surface area contributed by atoms with Crippen LogP contribution in [0.5, 0.6) is 5.75 Å². The molecule has 1 rings (SSSR count). The standard InChI is InChI=1S/C23H34O5/c1-19(2)23(26)28-18-12-10-8-6-4-3-5-7-9-11-17-27-21-15-13-20(14-16-21)22(24)25/h13-16H,1,3-12,17-18H2,2H3,(H,24,25). The fourth-order valence-corrected chi connectivity index (χ4v) is 2.79. The van der Waals surface area contributed by atoms with Crippen LogP contribution in [0, 0.1) is 0 Å². The number of carbonyl (C=O) groups excluding carboxylic acids is 1. The van der Waals surface area contributed by atoms with Gasteiger partial charge in [0.05, 0.1) is 18.8 Å². The van der Waals surface area contributed by atoms with Gasteiger partial charge in [0.25, 0.3) is 0 Å². The predicted octanol–water partition coefficient (Wildman–Crippen LogP) is 5.78. The van der Waals surface area contributed by atoms with E-state index in [1.807, 2.05) is 0 Å². The summed E-state index contributed by atoms with van der Waals surface area (Å²) >= 11 is 0. The Hall–Kier alpha value is -2.30. The number of carboxylic acid groups (broad SMARTS) is 1. The topological polar surface area (TPSA) is 72.8 Å². The van der Waals surface area contributed by atoms with Gasteiger partial charge >= 0.3 is 11.9 Å². The van der Waals surface area contributed by atoms with Gasteiger partial charge in [0.15, 0.2) is 0 Å². The number of esters is 1. The van der Waals surface area contributed by atoms with Gasteiger partial charge in [-0.05, 0) is 44.0 Å². The monoisotopic (exact) mass is 390 g/mol. The molecule has 0 fully saturated rings. The summed E-state index contributed by atoms with van der Waals surface area (Å²) in [5, 5.41) is 8.85. The van der Waals surface area contributed by atoms with E-state index in [0.29, 0.717) is 18.8 Å². The largest absolute Gasteiger partial charge is 0.494 e. The Morgan fingerprint density at radius 1 is 0.821 bits per heavy atom. The molecule has 0 aliphatic carbocycles. The second-order valence-electron chi connectivity index (χ2n) is 7.13. The Morgan fingerprint density at radius 3 is 1.75 bits per heavy atom. The van der Waals surface area contributed by atoms with Crippen LogP contribution in [0.15, 0.2) is 36.4 Å². The molecular formula is C23H34O5. The molecule has 0 bridgehead atoms. The number of carboxylic acids is 1. The zero-order chi connectivity index (χ0) is 20.6. The third kappa shape index (κ3) is 11.4. The SMILES string of the molecule is C=C(C)C(=O)OCCCCCCCCCCCCOc1ccc(C(=O)O)cc1. The van der Waals surface area contributed by atoms with Crippen LogP contribution in [-0.4, -0.2) is 30.3 Å². The van der Waals surface area contributed by atoms with Gasteiger partial charge in [-0.25, -0.2) is 9.59 Å². The number of carbonyl (C=O) groups is 2. The maximum Gasteiger partial charge on any atom is 0.335 e. The van der Waals surface area contributed by atoms with E-state index in [-0.39, 0.29) is 11.5 Å². The number of aromatic carboxylic acids is 1. The number of hydrogen-bond donors (Lipinski definition) is 1. The van der Waals surface area contributed by atoms with Crippen molar-refractivity contribution >= 4 is 11.9 Å². The highest BCUT2D eigenvalue weighted by Crippen LogP contribution is 2.14. The zero-order valence-corrected chi connectivity index (χ0v) is 17.1. The third-order valence-corrected chi connectivity index (χ3v) is 4.49. The second-order valence-corrected chi connectivity index (χ2v) is 7.13. The summed E-state index contributed by atoms with van der Waals surface area (Å²) < 4.78 is 10.7. The van der Waals surface area contributed by atoms with Crippen molar-refractivity contribution < 1.29 is 24.2 Å². The number of rotatable bonds is 16. The molecule has 5 nitrogen and oxygen atoms in total. The Kier molecular flexibility index (Phi) is 12.5. The molecule has 0 heterocycles. The molecule has 0 unspecified atom stereocenters. The van der Waals surface area contributed by atoms with Gasteiger partial charge in [0.2, 0.25) is 0 Å². The Labute approximate surface area is 168 Å². The molecule has 0 aliphatic heterocycles. The van der Waals surface area contributed by atoms with Crippen molar-refractivity contribution in [2.75, 3.05) is 13.2 Å². The van der Waals surface area contributed by atoms with Crippen molar-refractivity contribution in [2.24, 2.45) is 0 Å². The second kappa shape index (κ2) is 14.7. The lowest BCUT2D eigenvalue weighted by atomic mass is 10.1. The maximum absolute atomic E-state index is 11.2. The lowest BCUT2D eigenvalue weighted by molar-refractivity contribution is -0.139. The fraction of sp³-hybridized carbons (Fsp3) is 0.565. The molecule has 0 radical (unpaired) electrons. The van der Waals surface area contributed by atoms with E-state index in [0.717, 1.165) is 31.4 Å². The molecule has 0 aromatic heterocycles. The molecule has 1 aromatic rings. The third-order valence-electron chi connectivity index (χ3n) is 4.49. The van der Waals surface area contributed by atoms with E-state index in [2.05, 4.69) is 6.58 Å². The molecule has 1 N–H and O–H groups in total. The van der Waals surface area contributed by atoms with Crippen LogP contribution in [0.3, 0.4) is 0 Å². The van der Waals surface area contributed by atoms with Gasteiger partial charge in [-0.1, -0.05) is 57.9 Å². The van der Waals surface area contributed by atoms with Crippen LogP contribution >= 0.6 is 0 Å². The van der Waals surface area contributed by atoms with E-state index in [4.69, 9.17) is 14.6 Å². The van der Waals surface area contributed by atoms with Crippen molar-refractivity contribution in [3.63, 3.8) is 0 Å². The molecule has 1 aromatic carbocycles. The van der Waals surface area contributed by atoms with E-state index >= 15 is 0 Å². The number of benzene rings is 1. The average Bonchev–Trinajstić information content (AvgIpc) is 2.68. The molecule has 5 heteroatoms. The molecule has 0 aliphatic rings. The minimum atomic E-state index is -0.921. The van der Waals surface area contributed by atoms with Gasteiger partial charge in [0, 0.05) is 5.57 Å². The molecule has 0 spiro atoms. The van der Waals surface area contributed by atoms with Crippen molar-refractivity contribution in [3.05, 3.63) is 42.0 Å². The lowest BCUT2D eigenvalue weighted by Crippen LogP contribution is -2.05. The van der Waals surface area contributed by atoms with E-state index < -0.39 is 5.97 Å². The molecule has 0 saturated heterocycles. The van der Waals surface area contributed by atoms with Crippen LogP contribution in [-0.2, 0) is 9.53 Å². The number of hydrogen-bond acceptors (Lipinski definition) is 4. The summed E-state index contributed by atoms with van der Waals surface area (Å²) in [7, 11) is 0. The van der Waals surface area contributed by atoms with Gasteiger partial charge < -0.3 is 14.6 Å². The summed E-state index contributed by atoms with van der Waals surface area (Å²) in [6.45, 7) is 6.39. The first-order chi connectivity index (χ1) is 13.5. The van der Waals surface area contributed by atoms with Crippen molar-refractivity contribution in [2.45, 2.75) is 71.1 Å². The maximum atomic E-state index is 11.2. The number of ether oxygens (including phenoxy) is 2. The van der Waals surface area contributed by atoms with Crippen molar-refractivity contribution in [1.29, 1.82) is 0 Å². The zero-order valence-electron chi connectivity index (χ0n) is 17.1. The van der Waals surface area contributed by atoms with Crippen molar-refractivity contribution in [3.8, 4) is 5.75 Å². The number of unbranched alkanes of at least 4 members (excludes halogenated alkanes) is 9. The quantitative estimate of drug-likeness (QED) is 0.220. The fourth-order valence-electron chi connectivity index (χ4n) is 2.79. The summed E-state index contributed by atoms with van der Waals surface area (Å²) in [4.78, 5) is 22.0. The van der Waals surface area contributed by atoms with Gasteiger partial charge in [0.1, 0.15) is 5.75 Å². The predicted molar refractivity (Wildman–Crippen MR) is 111 cm³/mol.